The molecule has 1 aromatic rings. The van der Waals surface area contributed by atoms with E-state index >= 15 is 0 Å². The normalized spacial score (nSPS) is 21.7. The van der Waals surface area contributed by atoms with Crippen molar-refractivity contribution in [2.75, 3.05) is 25.0 Å². The van der Waals surface area contributed by atoms with Crippen LogP contribution in [0.25, 0.3) is 0 Å². The zero-order valence-electron chi connectivity index (χ0n) is 9.53. The molecule has 0 saturated carbocycles. The summed E-state index contributed by atoms with van der Waals surface area (Å²) < 4.78 is 0. The van der Waals surface area contributed by atoms with Gasteiger partial charge in [0, 0.05) is 25.3 Å². The highest BCUT2D eigenvalue weighted by molar-refractivity contribution is 5.41. The zero-order chi connectivity index (χ0) is 10.7. The summed E-state index contributed by atoms with van der Waals surface area (Å²) in [5.41, 5.74) is 1.28. The van der Waals surface area contributed by atoms with Crippen molar-refractivity contribution in [1.82, 2.24) is 10.3 Å². The van der Waals surface area contributed by atoms with Crippen LogP contribution in [0, 0.1) is 6.92 Å². The van der Waals surface area contributed by atoms with E-state index in [4.69, 9.17) is 0 Å². The van der Waals surface area contributed by atoms with Crippen LogP contribution in [0.4, 0.5) is 5.82 Å². The van der Waals surface area contributed by atoms with Crippen LogP contribution in [0.3, 0.4) is 0 Å². The molecule has 1 N–H and O–H groups in total. The van der Waals surface area contributed by atoms with E-state index in [9.17, 15) is 0 Å². The molecule has 0 aromatic carbocycles. The van der Waals surface area contributed by atoms with Crippen molar-refractivity contribution in [2.45, 2.75) is 25.8 Å². The Morgan fingerprint density at radius 3 is 3.13 bits per heavy atom. The predicted molar refractivity (Wildman–Crippen MR) is 63.3 cm³/mol. The lowest BCUT2D eigenvalue weighted by Crippen LogP contribution is -2.44. The number of nitrogens with one attached hydrogen (secondary N) is 1. The van der Waals surface area contributed by atoms with Crippen LogP contribution in [0.15, 0.2) is 18.3 Å². The Bertz CT molecular complexity index is 324. The number of hydrogen-bond acceptors (Lipinski definition) is 3. The number of piperidine rings is 1. The van der Waals surface area contributed by atoms with Crippen LogP contribution in [0.5, 0.6) is 0 Å². The van der Waals surface area contributed by atoms with Crippen LogP contribution in [-0.2, 0) is 0 Å². The molecule has 0 aliphatic carbocycles. The lowest BCUT2D eigenvalue weighted by atomic mass is 10.1. The maximum Gasteiger partial charge on any atom is 0.128 e. The van der Waals surface area contributed by atoms with Crippen molar-refractivity contribution in [1.29, 1.82) is 0 Å². The van der Waals surface area contributed by atoms with E-state index in [1.807, 2.05) is 19.3 Å². The molecule has 1 fully saturated rings. The number of hydrogen-bond donors (Lipinski definition) is 1. The lowest BCUT2D eigenvalue weighted by Gasteiger charge is -2.33. The molecule has 2 heterocycles. The highest BCUT2D eigenvalue weighted by atomic mass is 15.2. The first-order chi connectivity index (χ1) is 7.29. The van der Waals surface area contributed by atoms with Gasteiger partial charge in [0.2, 0.25) is 0 Å². The van der Waals surface area contributed by atoms with Crippen molar-refractivity contribution < 1.29 is 0 Å². The number of likely N-dealkylation sites (N-methyl/N-ethyl adjacent to an activating group) is 1. The second-order valence-corrected chi connectivity index (χ2v) is 4.27. The van der Waals surface area contributed by atoms with Gasteiger partial charge in [-0.25, -0.2) is 4.98 Å². The Morgan fingerprint density at radius 2 is 2.40 bits per heavy atom. The number of rotatable bonds is 2. The molecular formula is C12H19N3. The summed E-state index contributed by atoms with van der Waals surface area (Å²) in [4.78, 5) is 6.80. The second-order valence-electron chi connectivity index (χ2n) is 4.27. The molecule has 1 aromatic heterocycles. The number of aromatic nitrogens is 1. The van der Waals surface area contributed by atoms with E-state index in [0.717, 1.165) is 18.9 Å². The number of nitrogens with zero attached hydrogens (tertiary/aromatic N) is 2. The van der Waals surface area contributed by atoms with Gasteiger partial charge in [0.1, 0.15) is 5.82 Å². The fourth-order valence-corrected chi connectivity index (χ4v) is 2.11. The minimum Gasteiger partial charge on any atom is -0.355 e. The van der Waals surface area contributed by atoms with Gasteiger partial charge < -0.3 is 10.2 Å². The minimum atomic E-state index is 0.612. The molecule has 0 radical (unpaired) electrons. The van der Waals surface area contributed by atoms with Crippen LogP contribution in [-0.4, -0.2) is 31.2 Å². The monoisotopic (exact) mass is 205 g/mol. The molecule has 1 aliphatic heterocycles. The molecule has 0 bridgehead atoms. The highest BCUT2D eigenvalue weighted by Gasteiger charge is 2.19. The van der Waals surface area contributed by atoms with Gasteiger partial charge in [-0.1, -0.05) is 0 Å². The molecule has 1 unspecified atom stereocenters. The molecule has 1 saturated heterocycles. The number of aryl methyl sites for hydroxylation is 1. The third-order valence-corrected chi connectivity index (χ3v) is 3.05. The summed E-state index contributed by atoms with van der Waals surface area (Å²) in [7, 11) is 2.04. The fourth-order valence-electron chi connectivity index (χ4n) is 2.11. The summed E-state index contributed by atoms with van der Waals surface area (Å²) in [6, 6.07) is 4.82. The van der Waals surface area contributed by atoms with E-state index in [1.54, 1.807) is 0 Å². The van der Waals surface area contributed by atoms with Gasteiger partial charge in [-0.2, -0.15) is 0 Å². The number of pyridine rings is 1. The fraction of sp³-hybridized carbons (Fsp3) is 0.583. The van der Waals surface area contributed by atoms with Gasteiger partial charge in [0.15, 0.2) is 0 Å². The lowest BCUT2D eigenvalue weighted by molar-refractivity contribution is 0.447. The van der Waals surface area contributed by atoms with Crippen molar-refractivity contribution in [2.24, 2.45) is 0 Å². The van der Waals surface area contributed by atoms with Gasteiger partial charge in [-0.15, -0.1) is 0 Å². The van der Waals surface area contributed by atoms with E-state index in [1.165, 1.54) is 18.4 Å². The topological polar surface area (TPSA) is 28.2 Å². The molecule has 82 valence electrons. The highest BCUT2D eigenvalue weighted by Crippen LogP contribution is 2.18. The molecule has 0 amide bonds. The summed E-state index contributed by atoms with van der Waals surface area (Å²) in [6.07, 6.45) is 4.42. The Balaban J connectivity index is 2.09. The third kappa shape index (κ3) is 2.48. The molecule has 3 nitrogen and oxygen atoms in total. The first-order valence-corrected chi connectivity index (χ1v) is 5.64. The second kappa shape index (κ2) is 4.62. The number of anilines is 1. The average molecular weight is 205 g/mol. The van der Waals surface area contributed by atoms with Crippen LogP contribution in [0.2, 0.25) is 0 Å². The standard InChI is InChI=1S/C12H19N3/c1-10-5-6-14-12(8-10)15-7-3-4-11(9-15)13-2/h5-6,8,11,13H,3-4,7,9H2,1-2H3. The molecule has 0 spiro atoms. The van der Waals surface area contributed by atoms with Gasteiger partial charge >= 0.3 is 0 Å². The van der Waals surface area contributed by atoms with E-state index in [2.05, 4.69) is 28.2 Å². The largest absolute Gasteiger partial charge is 0.355 e. The summed E-state index contributed by atoms with van der Waals surface area (Å²) in [5, 5.41) is 3.35. The summed E-state index contributed by atoms with van der Waals surface area (Å²) in [5.74, 6) is 1.12. The van der Waals surface area contributed by atoms with E-state index in [0.29, 0.717) is 6.04 Å². The molecular weight excluding hydrogens is 186 g/mol. The SMILES string of the molecule is CNC1CCCN(c2cc(C)ccn2)C1. The van der Waals surface area contributed by atoms with Crippen molar-refractivity contribution in [3.05, 3.63) is 23.9 Å². The van der Waals surface area contributed by atoms with Crippen molar-refractivity contribution in [3.8, 4) is 0 Å². The zero-order valence-corrected chi connectivity index (χ0v) is 9.53. The Hall–Kier alpha value is -1.09. The molecule has 15 heavy (non-hydrogen) atoms. The summed E-state index contributed by atoms with van der Waals surface area (Å²) in [6.45, 7) is 4.33. The molecule has 1 atom stereocenters. The maximum atomic E-state index is 4.43. The van der Waals surface area contributed by atoms with Gasteiger partial charge in [0.25, 0.3) is 0 Å². The molecule has 1 aliphatic rings. The Morgan fingerprint density at radius 1 is 1.53 bits per heavy atom. The molecule has 2 rings (SSSR count). The Kier molecular flexibility index (Phi) is 3.21. The first-order valence-electron chi connectivity index (χ1n) is 5.64. The van der Waals surface area contributed by atoms with E-state index < -0.39 is 0 Å². The quantitative estimate of drug-likeness (QED) is 0.794. The van der Waals surface area contributed by atoms with Crippen molar-refractivity contribution in [3.63, 3.8) is 0 Å². The van der Waals surface area contributed by atoms with Gasteiger partial charge in [0.05, 0.1) is 0 Å². The van der Waals surface area contributed by atoms with Crippen LogP contribution >= 0.6 is 0 Å². The molecule has 3 heteroatoms. The van der Waals surface area contributed by atoms with Crippen LogP contribution < -0.4 is 10.2 Å². The predicted octanol–water partition coefficient (Wildman–Crippen LogP) is 1.58. The maximum absolute atomic E-state index is 4.43. The van der Waals surface area contributed by atoms with Gasteiger partial charge in [-0.3, -0.25) is 0 Å². The third-order valence-electron chi connectivity index (χ3n) is 3.05. The first kappa shape index (κ1) is 10.4. The van der Waals surface area contributed by atoms with Crippen molar-refractivity contribution >= 4 is 5.82 Å². The Labute approximate surface area is 91.5 Å². The summed E-state index contributed by atoms with van der Waals surface area (Å²) >= 11 is 0. The van der Waals surface area contributed by atoms with E-state index in [-0.39, 0.29) is 0 Å². The smallest absolute Gasteiger partial charge is 0.128 e. The van der Waals surface area contributed by atoms with Gasteiger partial charge in [-0.05, 0) is 44.5 Å². The van der Waals surface area contributed by atoms with Crippen LogP contribution in [0.1, 0.15) is 18.4 Å². The average Bonchev–Trinajstić information content (AvgIpc) is 2.29. The minimum absolute atomic E-state index is 0.612.